The third-order valence-electron chi connectivity index (χ3n) is 2.83. The lowest BCUT2D eigenvalue weighted by atomic mass is 10.1. The number of ether oxygens (including phenoxy) is 1. The number of pyridine rings is 1. The van der Waals surface area contributed by atoms with Gasteiger partial charge in [0.05, 0.1) is 0 Å². The molecule has 1 aromatic heterocycles. The van der Waals surface area contributed by atoms with Gasteiger partial charge < -0.3 is 9.72 Å². The first-order valence-electron chi connectivity index (χ1n) is 6.08. The summed E-state index contributed by atoms with van der Waals surface area (Å²) in [5.74, 6) is 0. The van der Waals surface area contributed by atoms with Crippen LogP contribution in [-0.4, -0.2) is 18.7 Å². The van der Waals surface area contributed by atoms with E-state index in [0.717, 1.165) is 35.8 Å². The summed E-state index contributed by atoms with van der Waals surface area (Å²) >= 11 is 0. The highest BCUT2D eigenvalue weighted by molar-refractivity contribution is 5.83. The number of hydrogen-bond donors (Lipinski definition) is 1. The standard InChI is InChI=1S/C15H17NO2/c1-18-10-4-2-3-5-12-6-7-13-8-9-16-15(17)14(13)11-12/h3,5-9,11H,2,4,10H2,1H3,(H,16,17)/b5-3+. The number of aromatic nitrogens is 1. The van der Waals surface area contributed by atoms with Gasteiger partial charge in [0.1, 0.15) is 0 Å². The number of aromatic amines is 1. The Morgan fingerprint density at radius 3 is 3.06 bits per heavy atom. The molecule has 0 aliphatic heterocycles. The third-order valence-corrected chi connectivity index (χ3v) is 2.83. The summed E-state index contributed by atoms with van der Waals surface area (Å²) in [6, 6.07) is 7.82. The molecule has 0 radical (unpaired) electrons. The quantitative estimate of drug-likeness (QED) is 0.820. The summed E-state index contributed by atoms with van der Waals surface area (Å²) in [6.07, 6.45) is 7.82. The van der Waals surface area contributed by atoms with E-state index < -0.39 is 0 Å². The second-order valence-electron chi connectivity index (χ2n) is 4.19. The minimum Gasteiger partial charge on any atom is -0.385 e. The Labute approximate surface area is 106 Å². The average molecular weight is 243 g/mol. The predicted octanol–water partition coefficient (Wildman–Crippen LogP) is 2.97. The third kappa shape index (κ3) is 3.08. The fourth-order valence-electron chi connectivity index (χ4n) is 1.87. The summed E-state index contributed by atoms with van der Waals surface area (Å²) < 4.78 is 4.99. The van der Waals surface area contributed by atoms with E-state index in [2.05, 4.69) is 11.1 Å². The van der Waals surface area contributed by atoms with E-state index in [1.54, 1.807) is 13.3 Å². The Morgan fingerprint density at radius 1 is 1.33 bits per heavy atom. The van der Waals surface area contributed by atoms with E-state index in [0.29, 0.717) is 0 Å². The van der Waals surface area contributed by atoms with Crippen molar-refractivity contribution in [2.24, 2.45) is 0 Å². The fraction of sp³-hybridized carbons (Fsp3) is 0.267. The van der Waals surface area contributed by atoms with Crippen LogP contribution in [-0.2, 0) is 4.74 Å². The molecule has 1 N–H and O–H groups in total. The molecule has 3 heteroatoms. The zero-order valence-corrected chi connectivity index (χ0v) is 10.5. The van der Waals surface area contributed by atoms with Crippen LogP contribution >= 0.6 is 0 Å². The van der Waals surface area contributed by atoms with E-state index in [9.17, 15) is 4.79 Å². The molecule has 2 rings (SSSR count). The van der Waals surface area contributed by atoms with E-state index in [4.69, 9.17) is 4.74 Å². The van der Waals surface area contributed by atoms with Gasteiger partial charge in [-0.3, -0.25) is 4.79 Å². The number of unbranched alkanes of at least 4 members (excludes halogenated alkanes) is 1. The van der Waals surface area contributed by atoms with Gasteiger partial charge in [0.15, 0.2) is 0 Å². The van der Waals surface area contributed by atoms with E-state index in [-0.39, 0.29) is 5.56 Å². The molecule has 0 atom stereocenters. The van der Waals surface area contributed by atoms with Crippen molar-refractivity contribution in [2.75, 3.05) is 13.7 Å². The van der Waals surface area contributed by atoms with Crippen molar-refractivity contribution < 1.29 is 4.74 Å². The van der Waals surface area contributed by atoms with E-state index >= 15 is 0 Å². The van der Waals surface area contributed by atoms with Gasteiger partial charge in [-0.15, -0.1) is 0 Å². The summed E-state index contributed by atoms with van der Waals surface area (Å²) in [5.41, 5.74) is 1.01. The largest absolute Gasteiger partial charge is 0.385 e. The first kappa shape index (κ1) is 12.6. The summed E-state index contributed by atoms with van der Waals surface area (Å²) in [7, 11) is 1.71. The summed E-state index contributed by atoms with van der Waals surface area (Å²) in [6.45, 7) is 0.779. The van der Waals surface area contributed by atoms with Crippen LogP contribution < -0.4 is 5.56 Å². The van der Waals surface area contributed by atoms with Gasteiger partial charge in [0.25, 0.3) is 5.56 Å². The molecule has 2 aromatic rings. The van der Waals surface area contributed by atoms with Gasteiger partial charge in [-0.25, -0.2) is 0 Å². The van der Waals surface area contributed by atoms with E-state index in [1.807, 2.05) is 30.3 Å². The zero-order valence-electron chi connectivity index (χ0n) is 10.5. The molecular weight excluding hydrogens is 226 g/mol. The monoisotopic (exact) mass is 243 g/mol. The predicted molar refractivity (Wildman–Crippen MR) is 74.7 cm³/mol. The molecule has 0 amide bonds. The topological polar surface area (TPSA) is 42.1 Å². The van der Waals surface area contributed by atoms with Crippen molar-refractivity contribution in [3.05, 3.63) is 52.5 Å². The smallest absolute Gasteiger partial charge is 0.255 e. The number of nitrogens with one attached hydrogen (secondary N) is 1. The van der Waals surface area contributed by atoms with Crippen LogP contribution in [0.4, 0.5) is 0 Å². The molecule has 0 fully saturated rings. The number of methoxy groups -OCH3 is 1. The average Bonchev–Trinajstić information content (AvgIpc) is 2.39. The first-order valence-corrected chi connectivity index (χ1v) is 6.08. The molecule has 0 aliphatic carbocycles. The number of rotatable bonds is 5. The number of fused-ring (bicyclic) bond motifs is 1. The highest BCUT2D eigenvalue weighted by Crippen LogP contribution is 2.13. The molecule has 18 heavy (non-hydrogen) atoms. The molecule has 1 aromatic carbocycles. The van der Waals surface area contributed by atoms with E-state index in [1.165, 1.54) is 0 Å². The van der Waals surface area contributed by atoms with Crippen molar-refractivity contribution >= 4 is 16.8 Å². The molecule has 0 saturated carbocycles. The van der Waals surface area contributed by atoms with Crippen LogP contribution in [0.2, 0.25) is 0 Å². The van der Waals surface area contributed by atoms with Crippen molar-refractivity contribution in [1.82, 2.24) is 4.98 Å². The Balaban J connectivity index is 2.15. The Morgan fingerprint density at radius 2 is 2.22 bits per heavy atom. The molecule has 0 unspecified atom stereocenters. The molecular formula is C15H17NO2. The van der Waals surface area contributed by atoms with Crippen molar-refractivity contribution in [2.45, 2.75) is 12.8 Å². The second kappa shape index (κ2) is 6.17. The summed E-state index contributed by atoms with van der Waals surface area (Å²) in [5, 5.41) is 1.70. The van der Waals surface area contributed by atoms with Gasteiger partial charge in [-0.1, -0.05) is 24.3 Å². The number of benzene rings is 1. The van der Waals surface area contributed by atoms with Gasteiger partial charge in [0.2, 0.25) is 0 Å². The Bertz CT molecular complexity index is 599. The van der Waals surface area contributed by atoms with Crippen LogP contribution in [0.5, 0.6) is 0 Å². The molecule has 94 valence electrons. The zero-order chi connectivity index (χ0) is 12.8. The second-order valence-corrected chi connectivity index (χ2v) is 4.19. The van der Waals surface area contributed by atoms with Gasteiger partial charge >= 0.3 is 0 Å². The van der Waals surface area contributed by atoms with Crippen LogP contribution in [0.25, 0.3) is 16.8 Å². The summed E-state index contributed by atoms with van der Waals surface area (Å²) in [4.78, 5) is 14.3. The lowest BCUT2D eigenvalue weighted by molar-refractivity contribution is 0.196. The minimum atomic E-state index is -0.0397. The number of H-pyrrole nitrogens is 1. The molecule has 1 heterocycles. The lowest BCUT2D eigenvalue weighted by Gasteiger charge is -1.98. The Kier molecular flexibility index (Phi) is 4.31. The number of hydrogen-bond acceptors (Lipinski definition) is 2. The SMILES string of the molecule is COCCC/C=C/c1ccc2cc[nH]c(=O)c2c1. The Hall–Kier alpha value is -1.87. The van der Waals surface area contributed by atoms with Crippen LogP contribution in [0, 0.1) is 0 Å². The fourth-order valence-corrected chi connectivity index (χ4v) is 1.87. The maximum absolute atomic E-state index is 11.6. The van der Waals surface area contributed by atoms with Crippen LogP contribution in [0.1, 0.15) is 18.4 Å². The molecule has 0 spiro atoms. The molecule has 3 nitrogen and oxygen atoms in total. The minimum absolute atomic E-state index is 0.0397. The first-order chi connectivity index (χ1) is 8.81. The highest BCUT2D eigenvalue weighted by Gasteiger charge is 1.97. The van der Waals surface area contributed by atoms with Crippen molar-refractivity contribution in [3.63, 3.8) is 0 Å². The number of allylic oxidation sites excluding steroid dienone is 1. The maximum Gasteiger partial charge on any atom is 0.255 e. The highest BCUT2D eigenvalue weighted by atomic mass is 16.5. The molecule has 0 saturated heterocycles. The van der Waals surface area contributed by atoms with Crippen LogP contribution in [0.15, 0.2) is 41.3 Å². The normalized spacial score (nSPS) is 11.4. The van der Waals surface area contributed by atoms with Gasteiger partial charge in [-0.2, -0.15) is 0 Å². The molecule has 0 aliphatic rings. The van der Waals surface area contributed by atoms with Gasteiger partial charge in [0, 0.05) is 25.3 Å². The van der Waals surface area contributed by atoms with Crippen molar-refractivity contribution in [1.29, 1.82) is 0 Å². The maximum atomic E-state index is 11.6. The van der Waals surface area contributed by atoms with Crippen LogP contribution in [0.3, 0.4) is 0 Å². The van der Waals surface area contributed by atoms with Crippen molar-refractivity contribution in [3.8, 4) is 0 Å². The molecule has 0 bridgehead atoms. The lowest BCUT2D eigenvalue weighted by Crippen LogP contribution is -2.04. The van der Waals surface area contributed by atoms with Gasteiger partial charge in [-0.05, 0) is 35.9 Å².